The number of rotatable bonds is 6. The molecular weight excluding hydrogens is 383 g/mol. The first-order chi connectivity index (χ1) is 14.6. The molecule has 1 saturated heterocycles. The van der Waals surface area contributed by atoms with Crippen LogP contribution in [0.4, 0.5) is 4.39 Å². The van der Waals surface area contributed by atoms with Gasteiger partial charge in [0.2, 0.25) is 0 Å². The highest BCUT2D eigenvalue weighted by Crippen LogP contribution is 2.17. The Morgan fingerprint density at radius 2 is 2.00 bits per heavy atom. The van der Waals surface area contributed by atoms with Crippen LogP contribution in [0, 0.1) is 12.7 Å². The zero-order valence-electron chi connectivity index (χ0n) is 17.0. The van der Waals surface area contributed by atoms with Crippen molar-refractivity contribution in [1.82, 2.24) is 19.8 Å². The van der Waals surface area contributed by atoms with Crippen LogP contribution in [0.25, 0.3) is 5.69 Å². The molecule has 1 N–H and O–H groups in total. The van der Waals surface area contributed by atoms with Gasteiger partial charge in [-0.25, -0.2) is 9.37 Å². The predicted molar refractivity (Wildman–Crippen MR) is 112 cm³/mol. The number of carbonyl (C=O) groups excluding carboxylic acids is 1. The monoisotopic (exact) mass is 408 g/mol. The van der Waals surface area contributed by atoms with Crippen molar-refractivity contribution in [2.45, 2.75) is 20.0 Å². The molecule has 0 aliphatic carbocycles. The van der Waals surface area contributed by atoms with E-state index in [-0.39, 0.29) is 18.3 Å². The molecule has 0 saturated carbocycles. The molecule has 1 aromatic heterocycles. The van der Waals surface area contributed by atoms with E-state index < -0.39 is 0 Å². The summed E-state index contributed by atoms with van der Waals surface area (Å²) in [6, 6.07) is 12.6. The van der Waals surface area contributed by atoms with Crippen LogP contribution in [-0.4, -0.2) is 46.7 Å². The number of nitrogens with zero attached hydrogens (tertiary/aromatic N) is 3. The van der Waals surface area contributed by atoms with Crippen LogP contribution in [-0.2, 0) is 17.8 Å². The van der Waals surface area contributed by atoms with Gasteiger partial charge in [0.25, 0.3) is 5.91 Å². The van der Waals surface area contributed by atoms with Gasteiger partial charge in [-0.3, -0.25) is 9.69 Å². The first-order valence-corrected chi connectivity index (χ1v) is 10.1. The Bertz CT molecular complexity index is 1030. The molecule has 2 aromatic carbocycles. The molecule has 1 aliphatic heterocycles. The third kappa shape index (κ3) is 4.75. The summed E-state index contributed by atoms with van der Waals surface area (Å²) in [7, 11) is 0. The van der Waals surface area contributed by atoms with E-state index in [1.165, 1.54) is 6.07 Å². The number of amides is 1. The highest BCUT2D eigenvalue weighted by Gasteiger charge is 2.13. The van der Waals surface area contributed by atoms with Crippen LogP contribution in [0.3, 0.4) is 0 Å². The van der Waals surface area contributed by atoms with Crippen molar-refractivity contribution >= 4 is 5.91 Å². The molecule has 3 aromatic rings. The van der Waals surface area contributed by atoms with E-state index >= 15 is 0 Å². The topological polar surface area (TPSA) is 59.4 Å². The summed E-state index contributed by atoms with van der Waals surface area (Å²) in [6.45, 7) is 6.16. The van der Waals surface area contributed by atoms with Crippen molar-refractivity contribution in [3.8, 4) is 5.69 Å². The highest BCUT2D eigenvalue weighted by molar-refractivity contribution is 5.94. The number of benzene rings is 2. The Labute approximate surface area is 175 Å². The smallest absolute Gasteiger partial charge is 0.251 e. The molecule has 0 atom stereocenters. The van der Waals surface area contributed by atoms with Crippen LogP contribution in [0.1, 0.15) is 27.3 Å². The quantitative estimate of drug-likeness (QED) is 0.681. The average Bonchev–Trinajstić information content (AvgIpc) is 3.18. The van der Waals surface area contributed by atoms with Gasteiger partial charge in [0.15, 0.2) is 0 Å². The van der Waals surface area contributed by atoms with E-state index in [2.05, 4.69) is 15.2 Å². The summed E-state index contributed by atoms with van der Waals surface area (Å²) >= 11 is 0. The average molecular weight is 408 g/mol. The summed E-state index contributed by atoms with van der Waals surface area (Å²) in [5.74, 6) is 0.191. The van der Waals surface area contributed by atoms with Crippen molar-refractivity contribution in [2.75, 3.05) is 26.3 Å². The van der Waals surface area contributed by atoms with E-state index in [0.717, 1.165) is 38.4 Å². The molecule has 0 unspecified atom stereocenters. The van der Waals surface area contributed by atoms with Crippen LogP contribution in [0.2, 0.25) is 0 Å². The maximum Gasteiger partial charge on any atom is 0.251 e. The number of ether oxygens (including phenoxy) is 1. The van der Waals surface area contributed by atoms with E-state index in [9.17, 15) is 9.18 Å². The molecule has 6 nitrogen and oxygen atoms in total. The number of imidazole rings is 1. The summed E-state index contributed by atoms with van der Waals surface area (Å²) in [6.07, 6.45) is 3.36. The molecule has 1 aliphatic rings. The van der Waals surface area contributed by atoms with Crippen LogP contribution in [0.15, 0.2) is 54.9 Å². The van der Waals surface area contributed by atoms with E-state index in [1.807, 2.05) is 31.2 Å². The molecule has 0 radical (unpaired) electrons. The minimum Gasteiger partial charge on any atom is -0.379 e. The minimum atomic E-state index is -0.352. The largest absolute Gasteiger partial charge is 0.379 e. The van der Waals surface area contributed by atoms with Crippen molar-refractivity contribution in [3.63, 3.8) is 0 Å². The summed E-state index contributed by atoms with van der Waals surface area (Å²) in [5.41, 5.74) is 2.84. The second-order valence-electron chi connectivity index (χ2n) is 7.40. The van der Waals surface area contributed by atoms with E-state index in [0.29, 0.717) is 22.6 Å². The van der Waals surface area contributed by atoms with Crippen LogP contribution < -0.4 is 5.32 Å². The molecule has 1 fully saturated rings. The van der Waals surface area contributed by atoms with Gasteiger partial charge in [0.1, 0.15) is 11.6 Å². The predicted octanol–water partition coefficient (Wildman–Crippen LogP) is 3.08. The number of aryl methyl sites for hydroxylation is 1. The zero-order valence-corrected chi connectivity index (χ0v) is 17.0. The third-order valence-corrected chi connectivity index (χ3v) is 5.25. The van der Waals surface area contributed by atoms with Gasteiger partial charge in [-0.05, 0) is 42.3 Å². The Balaban J connectivity index is 1.38. The fraction of sp³-hybridized carbons (Fsp3) is 0.304. The van der Waals surface area contributed by atoms with Gasteiger partial charge in [-0.1, -0.05) is 18.2 Å². The maximum absolute atomic E-state index is 14.5. The lowest BCUT2D eigenvalue weighted by Crippen LogP contribution is -2.35. The molecule has 2 heterocycles. The normalized spacial score (nSPS) is 14.6. The standard InChI is InChI=1S/C23H25FN4O2/c1-17-25-7-8-28(17)22-6-5-18(14-21(22)24)15-26-23(29)20-4-2-3-19(13-20)16-27-9-11-30-12-10-27/h2-8,13-14H,9-12,15-16H2,1H3,(H,26,29). The molecule has 4 rings (SSSR count). The van der Waals surface area contributed by atoms with Gasteiger partial charge in [-0.15, -0.1) is 0 Å². The molecule has 156 valence electrons. The summed E-state index contributed by atoms with van der Waals surface area (Å²) < 4.78 is 21.6. The van der Waals surface area contributed by atoms with Crippen molar-refractivity contribution in [1.29, 1.82) is 0 Å². The van der Waals surface area contributed by atoms with E-state index in [4.69, 9.17) is 4.74 Å². The lowest BCUT2D eigenvalue weighted by atomic mass is 10.1. The number of aromatic nitrogens is 2. The van der Waals surface area contributed by atoms with Crippen LogP contribution >= 0.6 is 0 Å². The third-order valence-electron chi connectivity index (χ3n) is 5.25. The van der Waals surface area contributed by atoms with Gasteiger partial charge in [0, 0.05) is 44.1 Å². The highest BCUT2D eigenvalue weighted by atomic mass is 19.1. The molecule has 1 amide bonds. The lowest BCUT2D eigenvalue weighted by Gasteiger charge is -2.26. The second kappa shape index (κ2) is 9.19. The first kappa shape index (κ1) is 20.3. The number of nitrogens with one attached hydrogen (secondary N) is 1. The van der Waals surface area contributed by atoms with E-state index in [1.54, 1.807) is 29.1 Å². The number of morpholine rings is 1. The Hall–Kier alpha value is -3.03. The second-order valence-corrected chi connectivity index (χ2v) is 7.40. The van der Waals surface area contributed by atoms with Crippen molar-refractivity contribution in [3.05, 3.63) is 83.2 Å². The summed E-state index contributed by atoms with van der Waals surface area (Å²) in [5, 5.41) is 2.88. The van der Waals surface area contributed by atoms with Crippen molar-refractivity contribution < 1.29 is 13.9 Å². The molecular formula is C23H25FN4O2. The maximum atomic E-state index is 14.5. The first-order valence-electron chi connectivity index (χ1n) is 10.1. The number of halogens is 1. The van der Waals surface area contributed by atoms with Crippen molar-refractivity contribution in [2.24, 2.45) is 0 Å². The summed E-state index contributed by atoms with van der Waals surface area (Å²) in [4.78, 5) is 19.0. The number of carbonyl (C=O) groups is 1. The molecule has 0 spiro atoms. The van der Waals surface area contributed by atoms with Crippen LogP contribution in [0.5, 0.6) is 0 Å². The Morgan fingerprint density at radius 1 is 1.17 bits per heavy atom. The molecule has 7 heteroatoms. The lowest BCUT2D eigenvalue weighted by molar-refractivity contribution is 0.0342. The SMILES string of the molecule is Cc1nccn1-c1ccc(CNC(=O)c2cccc(CN3CCOCC3)c2)cc1F. The molecule has 30 heavy (non-hydrogen) atoms. The van der Waals surface area contributed by atoms with Gasteiger partial charge < -0.3 is 14.6 Å². The molecule has 0 bridgehead atoms. The number of hydrogen-bond donors (Lipinski definition) is 1. The fourth-order valence-corrected chi connectivity index (χ4v) is 3.60. The Morgan fingerprint density at radius 3 is 2.73 bits per heavy atom. The van der Waals surface area contributed by atoms with Gasteiger partial charge in [-0.2, -0.15) is 0 Å². The zero-order chi connectivity index (χ0) is 20.9. The van der Waals surface area contributed by atoms with Gasteiger partial charge >= 0.3 is 0 Å². The number of hydrogen-bond acceptors (Lipinski definition) is 4. The minimum absolute atomic E-state index is 0.172. The van der Waals surface area contributed by atoms with Gasteiger partial charge in [0.05, 0.1) is 18.9 Å². The fourth-order valence-electron chi connectivity index (χ4n) is 3.60. The Kier molecular flexibility index (Phi) is 6.21.